The third kappa shape index (κ3) is 2.66. The second-order valence-electron chi connectivity index (χ2n) is 6.24. The van der Waals surface area contributed by atoms with Gasteiger partial charge in [-0.15, -0.1) is 0 Å². The highest BCUT2D eigenvalue weighted by molar-refractivity contribution is 6.22. The highest BCUT2D eigenvalue weighted by Crippen LogP contribution is 2.29. The molecule has 1 fully saturated rings. The van der Waals surface area contributed by atoms with Gasteiger partial charge in [-0.2, -0.15) is 0 Å². The highest BCUT2D eigenvalue weighted by Gasteiger charge is 2.42. The van der Waals surface area contributed by atoms with Gasteiger partial charge in [0.25, 0.3) is 11.8 Å². The van der Waals surface area contributed by atoms with Gasteiger partial charge in [0.05, 0.1) is 11.1 Å². The van der Waals surface area contributed by atoms with Gasteiger partial charge < -0.3 is 10.4 Å². The van der Waals surface area contributed by atoms with Crippen molar-refractivity contribution in [2.45, 2.75) is 37.6 Å². The van der Waals surface area contributed by atoms with Crippen molar-refractivity contribution in [1.82, 2.24) is 10.2 Å². The quantitative estimate of drug-likeness (QED) is 0.807. The molecule has 3 amide bonds. The monoisotopic (exact) mass is 330 g/mol. The fourth-order valence-electron chi connectivity index (χ4n) is 3.38. The number of fused-ring (bicyclic) bond motifs is 1. The van der Waals surface area contributed by atoms with Crippen molar-refractivity contribution in [2.24, 2.45) is 0 Å². The van der Waals surface area contributed by atoms with Crippen molar-refractivity contribution < 1.29 is 24.3 Å². The summed E-state index contributed by atoms with van der Waals surface area (Å²) in [4.78, 5) is 49.3. The third-order valence-electron chi connectivity index (χ3n) is 4.68. The minimum atomic E-state index is -1.30. The summed E-state index contributed by atoms with van der Waals surface area (Å²) >= 11 is 0. The first-order valence-electron chi connectivity index (χ1n) is 7.94. The number of aliphatic carboxylic acids is 1. The Bertz CT molecular complexity index is 686. The molecule has 1 aromatic carbocycles. The van der Waals surface area contributed by atoms with Crippen LogP contribution in [0, 0.1) is 0 Å². The van der Waals surface area contributed by atoms with E-state index in [9.17, 15) is 24.3 Å². The molecule has 3 rings (SSSR count). The second kappa shape index (κ2) is 6.07. The maximum Gasteiger partial charge on any atom is 0.329 e. The standard InChI is InChI=1S/C17H18N2O5/c20-13(18-17(16(23)24)8-4-1-5-9-17)10-19-14(21)11-6-2-3-7-12(11)15(19)22/h2-3,6-7H,1,4-5,8-10H2,(H,18,20)(H,23,24). The average Bonchev–Trinajstić information content (AvgIpc) is 2.81. The van der Waals surface area contributed by atoms with E-state index < -0.39 is 35.8 Å². The van der Waals surface area contributed by atoms with E-state index in [2.05, 4.69) is 5.32 Å². The summed E-state index contributed by atoms with van der Waals surface area (Å²) in [5, 5.41) is 12.0. The van der Waals surface area contributed by atoms with E-state index in [0.29, 0.717) is 12.8 Å². The topological polar surface area (TPSA) is 104 Å². The normalized spacial score (nSPS) is 19.1. The van der Waals surface area contributed by atoms with Crippen LogP contribution in [0.3, 0.4) is 0 Å². The molecule has 0 aromatic heterocycles. The Balaban J connectivity index is 1.73. The van der Waals surface area contributed by atoms with E-state index in [1.165, 1.54) is 12.1 Å². The number of hydrogen-bond donors (Lipinski definition) is 2. The van der Waals surface area contributed by atoms with Gasteiger partial charge in [0.1, 0.15) is 12.1 Å². The summed E-state index contributed by atoms with van der Waals surface area (Å²) in [6, 6.07) is 6.37. The van der Waals surface area contributed by atoms with Crippen LogP contribution in [0.25, 0.3) is 0 Å². The number of imide groups is 1. The van der Waals surface area contributed by atoms with E-state index in [-0.39, 0.29) is 11.1 Å². The number of benzene rings is 1. The molecule has 0 bridgehead atoms. The first kappa shape index (κ1) is 16.2. The van der Waals surface area contributed by atoms with Gasteiger partial charge >= 0.3 is 5.97 Å². The lowest BCUT2D eigenvalue weighted by molar-refractivity contribution is -0.149. The largest absolute Gasteiger partial charge is 0.480 e. The minimum Gasteiger partial charge on any atom is -0.480 e. The van der Waals surface area contributed by atoms with Crippen LogP contribution in [0.2, 0.25) is 0 Å². The fraction of sp³-hybridized carbons (Fsp3) is 0.412. The Kier molecular flexibility index (Phi) is 4.09. The Morgan fingerprint density at radius 3 is 2.08 bits per heavy atom. The summed E-state index contributed by atoms with van der Waals surface area (Å²) < 4.78 is 0. The van der Waals surface area contributed by atoms with Crippen LogP contribution in [0.15, 0.2) is 24.3 Å². The molecule has 2 aliphatic rings. The second-order valence-corrected chi connectivity index (χ2v) is 6.24. The Morgan fingerprint density at radius 2 is 1.58 bits per heavy atom. The Labute approximate surface area is 138 Å². The molecule has 1 saturated carbocycles. The van der Waals surface area contributed by atoms with Crippen molar-refractivity contribution >= 4 is 23.7 Å². The van der Waals surface area contributed by atoms with E-state index in [1.807, 2.05) is 0 Å². The molecule has 24 heavy (non-hydrogen) atoms. The molecule has 126 valence electrons. The van der Waals surface area contributed by atoms with Gasteiger partial charge in [-0.1, -0.05) is 31.4 Å². The summed E-state index contributed by atoms with van der Waals surface area (Å²) in [5.41, 5.74) is -0.768. The van der Waals surface area contributed by atoms with Crippen molar-refractivity contribution in [2.75, 3.05) is 6.54 Å². The van der Waals surface area contributed by atoms with Crippen LogP contribution in [0.4, 0.5) is 0 Å². The Morgan fingerprint density at radius 1 is 1.04 bits per heavy atom. The smallest absolute Gasteiger partial charge is 0.329 e. The van der Waals surface area contributed by atoms with Gasteiger partial charge in [-0.25, -0.2) is 4.79 Å². The van der Waals surface area contributed by atoms with Gasteiger partial charge in [0.2, 0.25) is 5.91 Å². The molecule has 1 aromatic rings. The first-order chi connectivity index (χ1) is 11.4. The van der Waals surface area contributed by atoms with Crippen LogP contribution < -0.4 is 5.32 Å². The van der Waals surface area contributed by atoms with E-state index in [1.54, 1.807) is 12.1 Å². The molecule has 0 atom stereocenters. The molecule has 2 N–H and O–H groups in total. The lowest BCUT2D eigenvalue weighted by atomic mass is 9.81. The van der Waals surface area contributed by atoms with Gasteiger partial charge in [-0.05, 0) is 25.0 Å². The maximum atomic E-state index is 12.3. The van der Waals surface area contributed by atoms with Crippen LogP contribution in [-0.2, 0) is 9.59 Å². The number of hydrogen-bond acceptors (Lipinski definition) is 4. The number of carboxylic acids is 1. The van der Waals surface area contributed by atoms with Crippen LogP contribution in [0.1, 0.15) is 52.8 Å². The van der Waals surface area contributed by atoms with Crippen LogP contribution in [-0.4, -0.2) is 45.8 Å². The number of carbonyl (C=O) groups excluding carboxylic acids is 3. The van der Waals surface area contributed by atoms with Crippen LogP contribution in [0.5, 0.6) is 0 Å². The molecule has 1 heterocycles. The maximum absolute atomic E-state index is 12.3. The molecule has 0 spiro atoms. The SMILES string of the molecule is O=C(CN1C(=O)c2ccccc2C1=O)NC1(C(=O)O)CCCCC1. The summed E-state index contributed by atoms with van der Waals surface area (Å²) in [7, 11) is 0. The molecule has 0 radical (unpaired) electrons. The molecule has 7 nitrogen and oxygen atoms in total. The molecule has 7 heteroatoms. The molecular weight excluding hydrogens is 312 g/mol. The lowest BCUT2D eigenvalue weighted by Gasteiger charge is -2.34. The Hall–Kier alpha value is -2.70. The zero-order chi connectivity index (χ0) is 17.3. The van der Waals surface area contributed by atoms with Gasteiger partial charge in [-0.3, -0.25) is 19.3 Å². The van der Waals surface area contributed by atoms with E-state index in [4.69, 9.17) is 0 Å². The lowest BCUT2D eigenvalue weighted by Crippen LogP contribution is -2.57. The molecule has 0 saturated heterocycles. The summed E-state index contributed by atoms with van der Waals surface area (Å²) in [6.07, 6.45) is 3.09. The zero-order valence-electron chi connectivity index (χ0n) is 13.1. The number of amides is 3. The van der Waals surface area contributed by atoms with E-state index >= 15 is 0 Å². The number of carboxylic acid groups (broad SMARTS) is 1. The van der Waals surface area contributed by atoms with Crippen LogP contribution >= 0.6 is 0 Å². The van der Waals surface area contributed by atoms with Gasteiger partial charge in [0.15, 0.2) is 0 Å². The average molecular weight is 330 g/mol. The number of carbonyl (C=O) groups is 4. The predicted molar refractivity (Wildman–Crippen MR) is 83.4 cm³/mol. The van der Waals surface area contributed by atoms with Gasteiger partial charge in [0, 0.05) is 0 Å². The summed E-state index contributed by atoms with van der Waals surface area (Å²) in [6.45, 7) is -0.471. The third-order valence-corrected chi connectivity index (χ3v) is 4.68. The molecule has 0 unspecified atom stereocenters. The molecular formula is C17H18N2O5. The van der Waals surface area contributed by atoms with Crippen molar-refractivity contribution in [3.05, 3.63) is 35.4 Å². The predicted octanol–water partition coefficient (Wildman–Crippen LogP) is 1.19. The number of nitrogens with one attached hydrogen (secondary N) is 1. The summed E-state index contributed by atoms with van der Waals surface area (Å²) in [5.74, 6) is -2.76. The highest BCUT2D eigenvalue weighted by atomic mass is 16.4. The minimum absolute atomic E-state index is 0.265. The number of nitrogens with zero attached hydrogens (tertiary/aromatic N) is 1. The molecule has 1 aliphatic carbocycles. The van der Waals surface area contributed by atoms with Crippen molar-refractivity contribution in [1.29, 1.82) is 0 Å². The van der Waals surface area contributed by atoms with E-state index in [0.717, 1.165) is 24.2 Å². The van der Waals surface area contributed by atoms with Crippen molar-refractivity contribution in [3.8, 4) is 0 Å². The fourth-order valence-corrected chi connectivity index (χ4v) is 3.38. The number of rotatable bonds is 4. The zero-order valence-corrected chi connectivity index (χ0v) is 13.1. The first-order valence-corrected chi connectivity index (χ1v) is 7.94. The molecule has 1 aliphatic heterocycles. The van der Waals surface area contributed by atoms with Crippen molar-refractivity contribution in [3.63, 3.8) is 0 Å².